The molecule has 3 nitrogen and oxygen atoms in total. The van der Waals surface area contributed by atoms with Gasteiger partial charge in [-0.1, -0.05) is 38.1 Å². The molecule has 0 amide bonds. The topological polar surface area (TPSA) is 38.5 Å². The van der Waals surface area contributed by atoms with E-state index in [-0.39, 0.29) is 6.04 Å². The van der Waals surface area contributed by atoms with Crippen LogP contribution in [0.15, 0.2) is 24.3 Å². The molecular weight excluding hydrogens is 260 g/mol. The van der Waals surface area contributed by atoms with E-state index in [0.717, 1.165) is 19.4 Å². The van der Waals surface area contributed by atoms with E-state index < -0.39 is 0 Å². The largest absolute Gasteiger partial charge is 0.377 e. The molecule has 1 fully saturated rings. The molecule has 1 aromatic carbocycles. The van der Waals surface area contributed by atoms with Crippen LogP contribution >= 0.6 is 0 Å². The third kappa shape index (κ3) is 4.06. The van der Waals surface area contributed by atoms with Gasteiger partial charge in [-0.3, -0.25) is 4.90 Å². The molecule has 1 aromatic rings. The minimum Gasteiger partial charge on any atom is -0.377 e. The fourth-order valence-corrected chi connectivity index (χ4v) is 3.37. The Hall–Kier alpha value is -0.900. The Kier molecular flexibility index (Phi) is 5.80. The Labute approximate surface area is 129 Å². The van der Waals surface area contributed by atoms with Crippen LogP contribution in [0.5, 0.6) is 0 Å². The van der Waals surface area contributed by atoms with Gasteiger partial charge in [0, 0.05) is 25.2 Å². The van der Waals surface area contributed by atoms with Gasteiger partial charge in [-0.2, -0.15) is 0 Å². The standard InChI is InChI=1S/C18H30N2O/c1-13(2)11-15-5-7-16(8-6-15)18(12-19)20(4)17-9-10-21-14(17)3/h5-8,13-14,17-18H,9-12,19H2,1-4H3. The molecule has 0 radical (unpaired) electrons. The predicted molar refractivity (Wildman–Crippen MR) is 88.4 cm³/mol. The number of likely N-dealkylation sites (N-methyl/N-ethyl adjacent to an activating group) is 1. The fraction of sp³-hybridized carbons (Fsp3) is 0.667. The number of nitrogens with zero attached hydrogens (tertiary/aromatic N) is 1. The van der Waals surface area contributed by atoms with Crippen LogP contribution in [0.3, 0.4) is 0 Å². The molecule has 1 saturated heterocycles. The highest BCUT2D eigenvalue weighted by molar-refractivity contribution is 5.26. The summed E-state index contributed by atoms with van der Waals surface area (Å²) in [5, 5.41) is 0. The minimum atomic E-state index is 0.271. The van der Waals surface area contributed by atoms with Crippen molar-refractivity contribution in [2.75, 3.05) is 20.2 Å². The first-order valence-electron chi connectivity index (χ1n) is 8.15. The summed E-state index contributed by atoms with van der Waals surface area (Å²) in [6, 6.07) is 9.72. The minimum absolute atomic E-state index is 0.271. The quantitative estimate of drug-likeness (QED) is 0.875. The smallest absolute Gasteiger partial charge is 0.0703 e. The molecule has 1 aliphatic rings. The van der Waals surface area contributed by atoms with E-state index in [1.807, 2.05) is 0 Å². The van der Waals surface area contributed by atoms with Gasteiger partial charge in [-0.25, -0.2) is 0 Å². The molecule has 0 bridgehead atoms. The Bertz CT molecular complexity index is 429. The lowest BCUT2D eigenvalue weighted by atomic mass is 9.97. The summed E-state index contributed by atoms with van der Waals surface area (Å²) in [5.74, 6) is 0.695. The Balaban J connectivity index is 2.09. The number of benzene rings is 1. The Morgan fingerprint density at radius 1 is 1.29 bits per heavy atom. The lowest BCUT2D eigenvalue weighted by molar-refractivity contribution is 0.0686. The van der Waals surface area contributed by atoms with Gasteiger partial charge in [0.2, 0.25) is 0 Å². The van der Waals surface area contributed by atoms with E-state index in [4.69, 9.17) is 10.5 Å². The molecule has 3 heteroatoms. The van der Waals surface area contributed by atoms with Gasteiger partial charge in [0.1, 0.15) is 0 Å². The van der Waals surface area contributed by atoms with Crippen molar-refractivity contribution in [1.82, 2.24) is 4.90 Å². The zero-order valence-corrected chi connectivity index (χ0v) is 13.9. The van der Waals surface area contributed by atoms with Gasteiger partial charge < -0.3 is 10.5 Å². The van der Waals surface area contributed by atoms with Crippen LogP contribution in [0.1, 0.15) is 44.4 Å². The third-order valence-electron chi connectivity index (χ3n) is 4.58. The number of nitrogens with two attached hydrogens (primary N) is 1. The number of hydrogen-bond acceptors (Lipinski definition) is 3. The molecule has 3 unspecified atom stereocenters. The van der Waals surface area contributed by atoms with Crippen molar-refractivity contribution in [3.63, 3.8) is 0 Å². The van der Waals surface area contributed by atoms with Crippen molar-refractivity contribution in [3.05, 3.63) is 35.4 Å². The van der Waals surface area contributed by atoms with Crippen molar-refractivity contribution in [2.45, 2.75) is 51.8 Å². The highest BCUT2D eigenvalue weighted by Gasteiger charge is 2.31. The van der Waals surface area contributed by atoms with Crippen LogP contribution in [0.4, 0.5) is 0 Å². The molecule has 3 atom stereocenters. The predicted octanol–water partition coefficient (Wildman–Crippen LogP) is 2.99. The van der Waals surface area contributed by atoms with Gasteiger partial charge in [0.05, 0.1) is 6.10 Å². The van der Waals surface area contributed by atoms with Crippen molar-refractivity contribution >= 4 is 0 Å². The van der Waals surface area contributed by atoms with E-state index in [9.17, 15) is 0 Å². The highest BCUT2D eigenvalue weighted by Crippen LogP contribution is 2.27. The highest BCUT2D eigenvalue weighted by atomic mass is 16.5. The van der Waals surface area contributed by atoms with Crippen LogP contribution in [-0.2, 0) is 11.2 Å². The summed E-state index contributed by atoms with van der Waals surface area (Å²) in [6.07, 6.45) is 2.53. The van der Waals surface area contributed by atoms with Crippen molar-refractivity contribution in [3.8, 4) is 0 Å². The molecule has 2 rings (SSSR count). The van der Waals surface area contributed by atoms with E-state index in [1.54, 1.807) is 0 Å². The average Bonchev–Trinajstić information content (AvgIpc) is 2.87. The molecule has 0 spiro atoms. The van der Waals surface area contributed by atoms with Gasteiger partial charge in [0.25, 0.3) is 0 Å². The third-order valence-corrected chi connectivity index (χ3v) is 4.58. The van der Waals surface area contributed by atoms with Crippen molar-refractivity contribution in [1.29, 1.82) is 0 Å². The second kappa shape index (κ2) is 7.39. The molecular formula is C18H30N2O. The van der Waals surface area contributed by atoms with Gasteiger partial charge in [-0.15, -0.1) is 0 Å². The maximum atomic E-state index is 6.06. The number of rotatable bonds is 6. The maximum absolute atomic E-state index is 6.06. The van der Waals surface area contributed by atoms with Crippen LogP contribution in [0, 0.1) is 5.92 Å². The van der Waals surface area contributed by atoms with Gasteiger partial charge >= 0.3 is 0 Å². The van der Waals surface area contributed by atoms with Crippen molar-refractivity contribution < 1.29 is 4.74 Å². The molecule has 1 heterocycles. The van der Waals surface area contributed by atoms with E-state index in [1.165, 1.54) is 11.1 Å². The molecule has 0 aromatic heterocycles. The second-order valence-electron chi connectivity index (χ2n) is 6.69. The van der Waals surface area contributed by atoms with Gasteiger partial charge in [0.15, 0.2) is 0 Å². The number of ether oxygens (including phenoxy) is 1. The first-order chi connectivity index (χ1) is 10.0. The first-order valence-corrected chi connectivity index (χ1v) is 8.15. The summed E-state index contributed by atoms with van der Waals surface area (Å²) in [5.41, 5.74) is 8.77. The Morgan fingerprint density at radius 2 is 1.95 bits per heavy atom. The van der Waals surface area contributed by atoms with Crippen LogP contribution in [0.25, 0.3) is 0 Å². The summed E-state index contributed by atoms with van der Waals surface area (Å²) in [6.45, 7) is 8.18. The summed E-state index contributed by atoms with van der Waals surface area (Å²) in [4.78, 5) is 2.40. The summed E-state index contributed by atoms with van der Waals surface area (Å²) in [7, 11) is 2.18. The van der Waals surface area contributed by atoms with Gasteiger partial charge in [-0.05, 0) is 43.9 Å². The van der Waals surface area contributed by atoms with Crippen molar-refractivity contribution in [2.24, 2.45) is 11.7 Å². The molecule has 21 heavy (non-hydrogen) atoms. The zero-order chi connectivity index (χ0) is 15.4. The zero-order valence-electron chi connectivity index (χ0n) is 13.9. The molecule has 118 valence electrons. The van der Waals surface area contributed by atoms with Crippen LogP contribution in [-0.4, -0.2) is 37.2 Å². The van der Waals surface area contributed by atoms with Crippen LogP contribution < -0.4 is 5.73 Å². The van der Waals surface area contributed by atoms with Crippen LogP contribution in [0.2, 0.25) is 0 Å². The van der Waals surface area contributed by atoms with E-state index in [0.29, 0.717) is 24.6 Å². The second-order valence-corrected chi connectivity index (χ2v) is 6.69. The molecule has 2 N–H and O–H groups in total. The lowest BCUT2D eigenvalue weighted by Gasteiger charge is -2.34. The molecule has 0 aliphatic carbocycles. The van der Waals surface area contributed by atoms with E-state index in [2.05, 4.69) is 57.0 Å². The summed E-state index contributed by atoms with van der Waals surface area (Å²) < 4.78 is 5.70. The molecule has 1 aliphatic heterocycles. The normalized spacial score (nSPS) is 24.0. The molecule has 0 saturated carbocycles. The fourth-order valence-electron chi connectivity index (χ4n) is 3.37. The van der Waals surface area contributed by atoms with E-state index >= 15 is 0 Å². The Morgan fingerprint density at radius 3 is 2.43 bits per heavy atom. The number of hydrogen-bond donors (Lipinski definition) is 1. The monoisotopic (exact) mass is 290 g/mol. The average molecular weight is 290 g/mol. The lowest BCUT2D eigenvalue weighted by Crippen LogP contribution is -2.42. The maximum Gasteiger partial charge on any atom is 0.0703 e. The SMILES string of the molecule is CC(C)Cc1ccc(C(CN)N(C)C2CCOC2C)cc1. The first kappa shape index (κ1) is 16.5. The summed E-state index contributed by atoms with van der Waals surface area (Å²) >= 11 is 0.